The van der Waals surface area contributed by atoms with Crippen LogP contribution >= 0.6 is 0 Å². The van der Waals surface area contributed by atoms with E-state index in [9.17, 15) is 21.6 Å². The fourth-order valence-electron chi connectivity index (χ4n) is 2.28. The molecule has 0 amide bonds. The Labute approximate surface area is 129 Å². The normalized spacial score (nSPS) is 18.8. The molecule has 0 saturated heterocycles. The number of hydrogen-bond donors (Lipinski definition) is 0. The molecular formula is C12H13F3N4O3S. The Morgan fingerprint density at radius 2 is 2.04 bits per heavy atom. The van der Waals surface area contributed by atoms with Crippen LogP contribution < -0.4 is 0 Å². The maximum absolute atomic E-state index is 12.6. The number of aromatic nitrogens is 4. The molecule has 126 valence electrons. The van der Waals surface area contributed by atoms with Crippen molar-refractivity contribution in [2.45, 2.75) is 36.7 Å². The lowest BCUT2D eigenvalue weighted by Crippen LogP contribution is -2.21. The van der Waals surface area contributed by atoms with Gasteiger partial charge in [-0.1, -0.05) is 5.16 Å². The van der Waals surface area contributed by atoms with Gasteiger partial charge in [-0.25, -0.2) is 8.42 Å². The zero-order valence-electron chi connectivity index (χ0n) is 12.2. The van der Waals surface area contributed by atoms with Crippen molar-refractivity contribution in [2.75, 3.05) is 6.26 Å². The van der Waals surface area contributed by atoms with E-state index in [0.29, 0.717) is 12.8 Å². The molecule has 1 unspecified atom stereocenters. The second kappa shape index (κ2) is 4.79. The van der Waals surface area contributed by atoms with E-state index in [1.165, 1.54) is 6.92 Å². The summed E-state index contributed by atoms with van der Waals surface area (Å²) in [6.45, 7) is 1.53. The van der Waals surface area contributed by atoms with Gasteiger partial charge >= 0.3 is 6.18 Å². The van der Waals surface area contributed by atoms with Crippen LogP contribution in [0.1, 0.15) is 43.2 Å². The summed E-state index contributed by atoms with van der Waals surface area (Å²) in [4.78, 5) is 4.06. The van der Waals surface area contributed by atoms with Gasteiger partial charge in [0.1, 0.15) is 10.8 Å². The maximum atomic E-state index is 12.6. The second-order valence-electron chi connectivity index (χ2n) is 5.58. The van der Waals surface area contributed by atoms with Crippen molar-refractivity contribution in [3.8, 4) is 0 Å². The van der Waals surface area contributed by atoms with Gasteiger partial charge in [0.15, 0.2) is 21.4 Å². The lowest BCUT2D eigenvalue weighted by atomic mass is 10.3. The molecule has 3 rings (SSSR count). The molecule has 11 heteroatoms. The molecule has 0 radical (unpaired) electrons. The fourth-order valence-corrected chi connectivity index (χ4v) is 3.54. The van der Waals surface area contributed by atoms with Crippen molar-refractivity contribution in [3.05, 3.63) is 29.7 Å². The first-order valence-electron chi connectivity index (χ1n) is 6.71. The second-order valence-corrected chi connectivity index (χ2v) is 7.90. The fraction of sp³-hybridized carbons (Fsp3) is 0.583. The predicted octanol–water partition coefficient (Wildman–Crippen LogP) is 1.93. The number of alkyl halides is 3. The van der Waals surface area contributed by atoms with Crippen molar-refractivity contribution in [3.63, 3.8) is 0 Å². The molecule has 2 aromatic rings. The van der Waals surface area contributed by atoms with E-state index >= 15 is 0 Å². The summed E-state index contributed by atoms with van der Waals surface area (Å²) in [6, 6.07) is 0.0925. The molecule has 7 nitrogen and oxygen atoms in total. The number of sulfone groups is 1. The largest absolute Gasteiger partial charge is 0.435 e. The van der Waals surface area contributed by atoms with Crippen molar-refractivity contribution in [2.24, 2.45) is 0 Å². The van der Waals surface area contributed by atoms with E-state index in [2.05, 4.69) is 15.2 Å². The quantitative estimate of drug-likeness (QED) is 0.837. The average Bonchev–Trinajstić information content (AvgIpc) is 2.89. The zero-order chi connectivity index (χ0) is 17.0. The minimum absolute atomic E-state index is 0.00625. The molecule has 23 heavy (non-hydrogen) atoms. The molecule has 0 bridgehead atoms. The van der Waals surface area contributed by atoms with Gasteiger partial charge in [0.25, 0.3) is 5.89 Å². The molecule has 0 spiro atoms. The highest BCUT2D eigenvalue weighted by atomic mass is 32.2. The Bertz CT molecular complexity index is 836. The molecule has 0 aromatic carbocycles. The summed E-state index contributed by atoms with van der Waals surface area (Å²) in [5.74, 6) is 0.0526. The summed E-state index contributed by atoms with van der Waals surface area (Å²) in [5, 5.41) is 7.13. The minimum Gasteiger partial charge on any atom is -0.337 e. The number of halogens is 3. The van der Waals surface area contributed by atoms with E-state index in [0.717, 1.165) is 23.2 Å². The highest BCUT2D eigenvalue weighted by Gasteiger charge is 2.57. The molecule has 0 N–H and O–H groups in total. The van der Waals surface area contributed by atoms with Crippen molar-refractivity contribution in [1.82, 2.24) is 19.9 Å². The van der Waals surface area contributed by atoms with Crippen LogP contribution in [0.5, 0.6) is 0 Å². The van der Waals surface area contributed by atoms with Crippen LogP contribution in [0.3, 0.4) is 0 Å². The highest BCUT2D eigenvalue weighted by molar-refractivity contribution is 7.91. The average molecular weight is 350 g/mol. The van der Waals surface area contributed by atoms with Crippen LogP contribution in [-0.2, 0) is 20.8 Å². The molecule has 1 aliphatic carbocycles. The maximum Gasteiger partial charge on any atom is 0.435 e. The van der Waals surface area contributed by atoms with Gasteiger partial charge in [-0.05, 0) is 25.8 Å². The third-order valence-corrected chi connectivity index (χ3v) is 5.93. The van der Waals surface area contributed by atoms with Crippen LogP contribution in [0.25, 0.3) is 0 Å². The molecule has 2 aromatic heterocycles. The van der Waals surface area contributed by atoms with E-state index in [-0.39, 0.29) is 11.7 Å². The lowest BCUT2D eigenvalue weighted by molar-refractivity contribution is -0.141. The highest BCUT2D eigenvalue weighted by Crippen LogP contribution is 2.51. The first kappa shape index (κ1) is 16.0. The molecule has 2 heterocycles. The molecule has 0 aliphatic heterocycles. The van der Waals surface area contributed by atoms with Crippen molar-refractivity contribution < 1.29 is 26.1 Å². The zero-order valence-corrected chi connectivity index (χ0v) is 13.0. The molecule has 1 aliphatic rings. The Morgan fingerprint density at radius 3 is 2.52 bits per heavy atom. The third-order valence-electron chi connectivity index (χ3n) is 3.92. The summed E-state index contributed by atoms with van der Waals surface area (Å²) in [7, 11) is -3.39. The van der Waals surface area contributed by atoms with E-state index in [1.807, 2.05) is 0 Å². The first-order valence-corrected chi connectivity index (χ1v) is 8.60. The van der Waals surface area contributed by atoms with Gasteiger partial charge in [-0.2, -0.15) is 23.3 Å². The summed E-state index contributed by atoms with van der Waals surface area (Å²) in [6.07, 6.45) is -1.49. The minimum atomic E-state index is -4.54. The predicted molar refractivity (Wildman–Crippen MR) is 71.1 cm³/mol. The van der Waals surface area contributed by atoms with Gasteiger partial charge in [0.2, 0.25) is 0 Å². The van der Waals surface area contributed by atoms with E-state index < -0.39 is 32.5 Å². The van der Waals surface area contributed by atoms with Gasteiger partial charge < -0.3 is 4.52 Å². The molecular weight excluding hydrogens is 337 g/mol. The van der Waals surface area contributed by atoms with Crippen LogP contribution in [0, 0.1) is 0 Å². The summed E-state index contributed by atoms with van der Waals surface area (Å²) >= 11 is 0. The van der Waals surface area contributed by atoms with Gasteiger partial charge in [-0.15, -0.1) is 0 Å². The molecule has 1 fully saturated rings. The van der Waals surface area contributed by atoms with E-state index in [1.54, 1.807) is 0 Å². The molecule has 1 saturated carbocycles. The monoisotopic (exact) mass is 350 g/mol. The Balaban J connectivity index is 1.88. The van der Waals surface area contributed by atoms with E-state index in [4.69, 9.17) is 4.52 Å². The van der Waals surface area contributed by atoms with Gasteiger partial charge in [0, 0.05) is 12.5 Å². The van der Waals surface area contributed by atoms with Crippen LogP contribution in [0.15, 0.2) is 16.8 Å². The van der Waals surface area contributed by atoms with Crippen molar-refractivity contribution in [1.29, 1.82) is 0 Å². The Morgan fingerprint density at radius 1 is 1.39 bits per heavy atom. The number of rotatable bonds is 4. The number of nitrogens with zero attached hydrogens (tertiary/aromatic N) is 4. The summed E-state index contributed by atoms with van der Waals surface area (Å²) < 4.78 is 66.3. The van der Waals surface area contributed by atoms with Crippen LogP contribution in [0.4, 0.5) is 13.2 Å². The van der Waals surface area contributed by atoms with Crippen LogP contribution in [0.2, 0.25) is 0 Å². The smallest absolute Gasteiger partial charge is 0.337 e. The summed E-state index contributed by atoms with van der Waals surface area (Å²) in [5.41, 5.74) is -1.03. The lowest BCUT2D eigenvalue weighted by Gasteiger charge is -2.08. The Kier molecular flexibility index (Phi) is 3.33. The third kappa shape index (κ3) is 2.62. The molecule has 1 atom stereocenters. The topological polar surface area (TPSA) is 90.9 Å². The van der Waals surface area contributed by atoms with Crippen molar-refractivity contribution >= 4 is 9.84 Å². The van der Waals surface area contributed by atoms with Crippen LogP contribution in [-0.4, -0.2) is 34.6 Å². The number of hydrogen-bond acceptors (Lipinski definition) is 6. The van der Waals surface area contributed by atoms with Gasteiger partial charge in [0.05, 0.1) is 0 Å². The SMILES string of the molecule is CC(c1nc(C2(S(C)(=O)=O)CC2)no1)n1ccc(C(F)(F)F)n1. The standard InChI is InChI=1S/C12H13F3N4O3S/c1-7(19-6-3-8(17-19)12(13,14)15)9-16-10(18-22-9)11(4-5-11)23(2,20)21/h3,6-7H,4-5H2,1-2H3. The van der Waals surface area contributed by atoms with Gasteiger partial charge in [-0.3, -0.25) is 4.68 Å². The first-order chi connectivity index (χ1) is 10.5. The Hall–Kier alpha value is -1.91.